The van der Waals surface area contributed by atoms with Crippen molar-refractivity contribution in [3.05, 3.63) is 36.9 Å². The number of carbonyl (C=O) groups excluding carboxylic acids is 1. The summed E-state index contributed by atoms with van der Waals surface area (Å²) in [6.45, 7) is 0. The Hall–Kier alpha value is -2.39. The Balaban J connectivity index is 1.48. The Kier molecular flexibility index (Phi) is 4.41. The maximum Gasteiger partial charge on any atom is 0.229 e. The largest absolute Gasteiger partial charge is 0.302 e. The molecule has 7 nitrogen and oxygen atoms in total. The van der Waals surface area contributed by atoms with Crippen LogP contribution in [0.15, 0.2) is 36.9 Å². The summed E-state index contributed by atoms with van der Waals surface area (Å²) < 4.78 is 23.0. The fraction of sp³-hybridized carbons (Fsp3) is 0.294. The predicted octanol–water partition coefficient (Wildman–Crippen LogP) is 2.52. The first kappa shape index (κ1) is 17.0. The van der Waals surface area contributed by atoms with Crippen LogP contribution in [0.2, 0.25) is 0 Å². The lowest BCUT2D eigenvalue weighted by Gasteiger charge is -2.20. The first-order valence-electron chi connectivity index (χ1n) is 8.17. The Labute approximate surface area is 154 Å². The molecule has 9 heteroatoms. The van der Waals surface area contributed by atoms with E-state index in [0.717, 1.165) is 21.3 Å². The number of sulfone groups is 1. The van der Waals surface area contributed by atoms with Crippen molar-refractivity contribution in [1.82, 2.24) is 15.0 Å². The molecule has 1 saturated heterocycles. The van der Waals surface area contributed by atoms with Crippen molar-refractivity contribution < 1.29 is 13.2 Å². The highest BCUT2D eigenvalue weighted by atomic mass is 32.2. The molecular weight excluding hydrogens is 372 g/mol. The minimum absolute atomic E-state index is 0.0765. The van der Waals surface area contributed by atoms with Crippen molar-refractivity contribution in [3.8, 4) is 10.4 Å². The normalized spacial score (nSPS) is 17.2. The number of hydrogen-bond donors (Lipinski definition) is 1. The standard InChI is InChI=1S/C17H16N4O3S2/c22-16(11-3-5-26(23,24)6-4-11)21-17-19-9-15(25-17)12-1-2-13-8-18-10-20-14(13)7-12/h1-2,7-11H,3-6H2,(H,19,21,22). The van der Waals surface area contributed by atoms with E-state index in [1.807, 2.05) is 18.2 Å². The van der Waals surface area contributed by atoms with Crippen molar-refractivity contribution in [2.45, 2.75) is 12.8 Å². The lowest BCUT2D eigenvalue weighted by atomic mass is 10.0. The number of nitrogens with one attached hydrogen (secondary N) is 1. The molecule has 2 aromatic heterocycles. The van der Waals surface area contributed by atoms with Crippen LogP contribution in [-0.2, 0) is 14.6 Å². The monoisotopic (exact) mass is 388 g/mol. The summed E-state index contributed by atoms with van der Waals surface area (Å²) in [7, 11) is -2.98. The third kappa shape index (κ3) is 3.58. The topological polar surface area (TPSA) is 102 Å². The molecule has 1 N–H and O–H groups in total. The van der Waals surface area contributed by atoms with Gasteiger partial charge in [-0.25, -0.2) is 23.4 Å². The summed E-state index contributed by atoms with van der Waals surface area (Å²) in [5.41, 5.74) is 1.82. The molecule has 1 aliphatic heterocycles. The molecule has 0 spiro atoms. The van der Waals surface area contributed by atoms with E-state index in [-0.39, 0.29) is 23.3 Å². The van der Waals surface area contributed by atoms with Crippen molar-refractivity contribution in [2.75, 3.05) is 16.8 Å². The maximum atomic E-state index is 12.3. The molecule has 1 aromatic carbocycles. The van der Waals surface area contributed by atoms with E-state index in [2.05, 4.69) is 20.3 Å². The molecule has 0 radical (unpaired) electrons. The van der Waals surface area contributed by atoms with Crippen LogP contribution in [0.3, 0.4) is 0 Å². The highest BCUT2D eigenvalue weighted by molar-refractivity contribution is 7.91. The molecule has 26 heavy (non-hydrogen) atoms. The summed E-state index contributed by atoms with van der Waals surface area (Å²) in [6, 6.07) is 5.88. The summed E-state index contributed by atoms with van der Waals surface area (Å²) >= 11 is 1.38. The Morgan fingerprint density at radius 1 is 1.15 bits per heavy atom. The van der Waals surface area contributed by atoms with Gasteiger partial charge in [-0.1, -0.05) is 23.5 Å². The van der Waals surface area contributed by atoms with Crippen LogP contribution in [-0.4, -0.2) is 40.8 Å². The van der Waals surface area contributed by atoms with Crippen molar-refractivity contribution in [1.29, 1.82) is 0 Å². The predicted molar refractivity (Wildman–Crippen MR) is 101 cm³/mol. The number of amides is 1. The third-order valence-corrected chi connectivity index (χ3v) is 7.13. The Morgan fingerprint density at radius 2 is 1.96 bits per heavy atom. The molecule has 0 unspecified atom stereocenters. The van der Waals surface area contributed by atoms with E-state index >= 15 is 0 Å². The van der Waals surface area contributed by atoms with Gasteiger partial charge in [-0.3, -0.25) is 4.79 Å². The van der Waals surface area contributed by atoms with Crippen molar-refractivity contribution in [2.24, 2.45) is 5.92 Å². The van der Waals surface area contributed by atoms with Gasteiger partial charge in [-0.15, -0.1) is 0 Å². The van der Waals surface area contributed by atoms with E-state index in [4.69, 9.17) is 0 Å². The molecule has 0 bridgehead atoms. The second-order valence-corrected chi connectivity index (χ2v) is 9.58. The maximum absolute atomic E-state index is 12.3. The zero-order valence-electron chi connectivity index (χ0n) is 13.8. The minimum atomic E-state index is -2.98. The van der Waals surface area contributed by atoms with Gasteiger partial charge in [0.25, 0.3) is 0 Å². The van der Waals surface area contributed by atoms with Gasteiger partial charge in [0.15, 0.2) is 5.13 Å². The number of hydrogen-bond acceptors (Lipinski definition) is 7. The molecule has 134 valence electrons. The van der Waals surface area contributed by atoms with E-state index in [1.165, 1.54) is 17.7 Å². The van der Waals surface area contributed by atoms with Crippen LogP contribution in [0.25, 0.3) is 21.3 Å². The number of aromatic nitrogens is 3. The SMILES string of the molecule is O=C(Nc1ncc(-c2ccc3cncnc3c2)s1)C1CCS(=O)(=O)CC1. The van der Waals surface area contributed by atoms with Crippen molar-refractivity contribution in [3.63, 3.8) is 0 Å². The summed E-state index contributed by atoms with van der Waals surface area (Å²) in [6.07, 6.45) is 5.73. The smallest absolute Gasteiger partial charge is 0.229 e. The van der Waals surface area contributed by atoms with Gasteiger partial charge in [0, 0.05) is 23.7 Å². The van der Waals surface area contributed by atoms with E-state index in [1.54, 1.807) is 12.4 Å². The fourth-order valence-electron chi connectivity index (χ4n) is 2.95. The molecular formula is C17H16N4O3S2. The highest BCUT2D eigenvalue weighted by Crippen LogP contribution is 2.31. The molecule has 0 aliphatic carbocycles. The number of fused-ring (bicyclic) bond motifs is 1. The molecule has 4 rings (SSSR count). The number of nitrogens with zero attached hydrogens (tertiary/aromatic N) is 3. The summed E-state index contributed by atoms with van der Waals surface area (Å²) in [5, 5.41) is 4.29. The number of carbonyl (C=O) groups is 1. The summed E-state index contributed by atoms with van der Waals surface area (Å²) in [5.74, 6) is -0.282. The van der Waals surface area contributed by atoms with Gasteiger partial charge < -0.3 is 5.32 Å². The molecule has 0 saturated carbocycles. The zero-order valence-corrected chi connectivity index (χ0v) is 15.4. The quantitative estimate of drug-likeness (QED) is 0.740. The first-order chi connectivity index (χ1) is 12.5. The molecule has 1 fully saturated rings. The fourth-order valence-corrected chi connectivity index (χ4v) is 5.26. The van der Waals surface area contributed by atoms with Gasteiger partial charge in [-0.2, -0.15) is 0 Å². The zero-order chi connectivity index (χ0) is 18.1. The average molecular weight is 388 g/mol. The van der Waals surface area contributed by atoms with Crippen LogP contribution >= 0.6 is 11.3 Å². The molecule has 3 heterocycles. The van der Waals surface area contributed by atoms with Gasteiger partial charge >= 0.3 is 0 Å². The van der Waals surface area contributed by atoms with Gasteiger partial charge in [0.05, 0.1) is 21.9 Å². The van der Waals surface area contributed by atoms with E-state index in [9.17, 15) is 13.2 Å². The molecule has 0 atom stereocenters. The Morgan fingerprint density at radius 3 is 2.77 bits per heavy atom. The van der Waals surface area contributed by atoms with Crippen molar-refractivity contribution >= 4 is 43.1 Å². The number of benzene rings is 1. The van der Waals surface area contributed by atoms with Gasteiger partial charge in [0.1, 0.15) is 16.2 Å². The number of thiazole rings is 1. The molecule has 1 aliphatic rings. The van der Waals surface area contributed by atoms with Gasteiger partial charge in [0.2, 0.25) is 5.91 Å². The lowest BCUT2D eigenvalue weighted by Crippen LogP contribution is -2.31. The van der Waals surface area contributed by atoms with Crippen LogP contribution in [0, 0.1) is 5.92 Å². The summed E-state index contributed by atoms with van der Waals surface area (Å²) in [4.78, 5) is 25.8. The van der Waals surface area contributed by atoms with E-state index < -0.39 is 9.84 Å². The van der Waals surface area contributed by atoms with Crippen LogP contribution in [0.1, 0.15) is 12.8 Å². The van der Waals surface area contributed by atoms with Gasteiger partial charge in [-0.05, 0) is 24.5 Å². The van der Waals surface area contributed by atoms with Crippen LogP contribution < -0.4 is 5.32 Å². The molecule has 3 aromatic rings. The average Bonchev–Trinajstić information content (AvgIpc) is 3.09. The lowest BCUT2D eigenvalue weighted by molar-refractivity contribution is -0.120. The van der Waals surface area contributed by atoms with Crippen LogP contribution in [0.4, 0.5) is 5.13 Å². The second-order valence-electron chi connectivity index (χ2n) is 6.24. The van der Waals surface area contributed by atoms with E-state index in [0.29, 0.717) is 18.0 Å². The minimum Gasteiger partial charge on any atom is -0.302 e. The first-order valence-corrected chi connectivity index (χ1v) is 10.8. The molecule has 1 amide bonds. The number of rotatable bonds is 3. The highest BCUT2D eigenvalue weighted by Gasteiger charge is 2.28. The second kappa shape index (κ2) is 6.73. The number of anilines is 1. The third-order valence-electron chi connectivity index (χ3n) is 4.45. The Bertz CT molecular complexity index is 1060. The van der Waals surface area contributed by atoms with Crippen LogP contribution in [0.5, 0.6) is 0 Å².